The van der Waals surface area contributed by atoms with Crippen LogP contribution in [0.5, 0.6) is 0 Å². The molecule has 0 aliphatic carbocycles. The average molecular weight is 393 g/mol. The summed E-state index contributed by atoms with van der Waals surface area (Å²) in [6, 6.07) is 7.41. The first-order valence-electron chi connectivity index (χ1n) is 9.00. The second-order valence-electron chi connectivity index (χ2n) is 6.85. The van der Waals surface area contributed by atoms with Crippen molar-refractivity contribution in [2.45, 2.75) is 30.8 Å². The molecule has 1 saturated heterocycles. The van der Waals surface area contributed by atoms with E-state index < -0.39 is 24.6 Å². The Morgan fingerprint density at radius 1 is 1.29 bits per heavy atom. The van der Waals surface area contributed by atoms with Gasteiger partial charge in [0.1, 0.15) is 18.5 Å². The molecular formula is C20H22F3N3O2. The number of alkyl halides is 2. The number of aryl methyl sites for hydroxylation is 1. The van der Waals surface area contributed by atoms with Crippen molar-refractivity contribution < 1.29 is 22.7 Å². The first-order valence-corrected chi connectivity index (χ1v) is 9.00. The Morgan fingerprint density at radius 2 is 1.96 bits per heavy atom. The molecule has 1 aromatic heterocycles. The molecule has 28 heavy (non-hydrogen) atoms. The van der Waals surface area contributed by atoms with Crippen molar-refractivity contribution in [3.8, 4) is 0 Å². The van der Waals surface area contributed by atoms with Gasteiger partial charge in [-0.3, -0.25) is 4.98 Å². The Hall–Kier alpha value is -2.61. The first-order chi connectivity index (χ1) is 13.4. The predicted molar refractivity (Wildman–Crippen MR) is 97.5 cm³/mol. The van der Waals surface area contributed by atoms with E-state index in [9.17, 15) is 18.0 Å². The zero-order valence-corrected chi connectivity index (χ0v) is 15.4. The fourth-order valence-corrected chi connectivity index (χ4v) is 3.20. The van der Waals surface area contributed by atoms with E-state index in [4.69, 9.17) is 4.74 Å². The molecule has 1 N–H and O–H groups in total. The lowest BCUT2D eigenvalue weighted by molar-refractivity contribution is -0.0224. The van der Waals surface area contributed by atoms with Gasteiger partial charge in [-0.2, -0.15) is 0 Å². The number of nitrogens with zero attached hydrogens (tertiary/aromatic N) is 2. The Balaban J connectivity index is 1.72. The predicted octanol–water partition coefficient (Wildman–Crippen LogP) is 3.57. The molecule has 1 aliphatic rings. The van der Waals surface area contributed by atoms with E-state index in [2.05, 4.69) is 10.3 Å². The summed E-state index contributed by atoms with van der Waals surface area (Å²) < 4.78 is 45.4. The van der Waals surface area contributed by atoms with Crippen LogP contribution < -0.4 is 5.32 Å². The molecule has 0 bridgehead atoms. The van der Waals surface area contributed by atoms with Gasteiger partial charge in [0.05, 0.1) is 12.6 Å². The fraction of sp³-hybridized carbons (Fsp3) is 0.400. The third-order valence-corrected chi connectivity index (χ3v) is 4.88. The average Bonchev–Trinajstić information content (AvgIpc) is 3.02. The molecule has 0 saturated carbocycles. The zero-order chi connectivity index (χ0) is 20.1. The molecule has 5 nitrogen and oxygen atoms in total. The van der Waals surface area contributed by atoms with Crippen LogP contribution in [0.4, 0.5) is 18.0 Å². The van der Waals surface area contributed by atoms with E-state index in [0.717, 1.165) is 11.1 Å². The smallest absolute Gasteiger partial charge is 0.318 e. The van der Waals surface area contributed by atoms with Crippen molar-refractivity contribution in [1.29, 1.82) is 0 Å². The van der Waals surface area contributed by atoms with Crippen LogP contribution in [0.3, 0.4) is 0 Å². The molecule has 2 aromatic rings. The topological polar surface area (TPSA) is 54.5 Å². The summed E-state index contributed by atoms with van der Waals surface area (Å²) in [7, 11) is 1.57. The molecule has 2 heterocycles. The minimum Gasteiger partial charge on any atom is -0.373 e. The lowest BCUT2D eigenvalue weighted by Gasteiger charge is -2.30. The molecule has 0 spiro atoms. The van der Waals surface area contributed by atoms with Gasteiger partial charge in [0, 0.05) is 19.4 Å². The molecule has 1 aromatic carbocycles. The highest BCUT2D eigenvalue weighted by Gasteiger charge is 2.46. The normalized spacial score (nSPS) is 19.2. The summed E-state index contributed by atoms with van der Waals surface area (Å²) in [5.41, 5.74) is 1.76. The van der Waals surface area contributed by atoms with Crippen molar-refractivity contribution >= 4 is 6.03 Å². The van der Waals surface area contributed by atoms with E-state index in [-0.39, 0.29) is 18.5 Å². The monoisotopic (exact) mass is 393 g/mol. The number of urea groups is 1. The highest BCUT2D eigenvalue weighted by atomic mass is 19.3. The van der Waals surface area contributed by atoms with Crippen molar-refractivity contribution in [1.82, 2.24) is 15.2 Å². The van der Waals surface area contributed by atoms with E-state index in [1.54, 1.807) is 43.7 Å². The quantitative estimate of drug-likeness (QED) is 0.816. The third-order valence-electron chi connectivity index (χ3n) is 4.88. The Bertz CT molecular complexity index is 787. The summed E-state index contributed by atoms with van der Waals surface area (Å²) >= 11 is 0. The minimum atomic E-state index is -3.09. The highest BCUT2D eigenvalue weighted by Crippen LogP contribution is 2.28. The number of hydrogen-bond acceptors (Lipinski definition) is 3. The Morgan fingerprint density at radius 3 is 2.57 bits per heavy atom. The van der Waals surface area contributed by atoms with E-state index in [0.29, 0.717) is 12.8 Å². The molecule has 8 heteroatoms. The second-order valence-corrected chi connectivity index (χ2v) is 6.85. The van der Waals surface area contributed by atoms with Gasteiger partial charge in [0.15, 0.2) is 0 Å². The number of amides is 2. The first kappa shape index (κ1) is 20.1. The molecule has 150 valence electrons. The molecule has 3 rings (SSSR count). The van der Waals surface area contributed by atoms with Gasteiger partial charge in [-0.25, -0.2) is 18.0 Å². The van der Waals surface area contributed by atoms with E-state index in [1.807, 2.05) is 0 Å². The summed E-state index contributed by atoms with van der Waals surface area (Å²) in [6.45, 7) is -0.915. The maximum absolute atomic E-state index is 13.8. The van der Waals surface area contributed by atoms with Gasteiger partial charge in [-0.1, -0.05) is 12.1 Å². The zero-order valence-electron chi connectivity index (χ0n) is 15.4. The standard InChI is InChI=1S/C20H22F3N3O2/c1-26(19(27)25-18-12-28-13-20(18,22)23)17(15-8-10-24-11-9-15)7-4-14-2-5-16(21)6-3-14/h2-3,5-6,8-11,17-18H,4,7,12-13H2,1H3,(H,25,27)/t17-,18-/m1/s1. The number of aromatic nitrogens is 1. The number of pyridine rings is 1. The number of ether oxygens (including phenoxy) is 1. The fourth-order valence-electron chi connectivity index (χ4n) is 3.20. The van der Waals surface area contributed by atoms with E-state index >= 15 is 0 Å². The summed E-state index contributed by atoms with van der Waals surface area (Å²) in [4.78, 5) is 18.0. The van der Waals surface area contributed by atoms with Gasteiger partial charge in [-0.15, -0.1) is 0 Å². The van der Waals surface area contributed by atoms with Crippen LogP contribution in [0.15, 0.2) is 48.8 Å². The second kappa shape index (κ2) is 8.60. The number of nitrogens with one attached hydrogen (secondary N) is 1. The molecule has 1 aliphatic heterocycles. The number of benzene rings is 1. The maximum Gasteiger partial charge on any atom is 0.318 e. The van der Waals surface area contributed by atoms with Crippen molar-refractivity contribution in [3.63, 3.8) is 0 Å². The van der Waals surface area contributed by atoms with Crippen LogP contribution in [-0.2, 0) is 11.2 Å². The number of carbonyl (C=O) groups is 1. The van der Waals surface area contributed by atoms with Gasteiger partial charge >= 0.3 is 6.03 Å². The number of halogens is 3. The molecule has 1 fully saturated rings. The van der Waals surface area contributed by atoms with Crippen LogP contribution in [0.2, 0.25) is 0 Å². The van der Waals surface area contributed by atoms with Crippen LogP contribution >= 0.6 is 0 Å². The minimum absolute atomic E-state index is 0.220. The summed E-state index contributed by atoms with van der Waals surface area (Å²) in [5.74, 6) is -3.40. The largest absolute Gasteiger partial charge is 0.373 e. The van der Waals surface area contributed by atoms with Crippen LogP contribution in [0.25, 0.3) is 0 Å². The molecule has 0 radical (unpaired) electrons. The SMILES string of the molecule is CN(C(=O)N[C@@H]1COCC1(F)F)[C@H](CCc1ccc(F)cc1)c1ccncc1. The van der Waals surface area contributed by atoms with Crippen molar-refractivity contribution in [2.24, 2.45) is 0 Å². The summed E-state index contributed by atoms with van der Waals surface area (Å²) in [6.07, 6.45) is 4.36. The molecular weight excluding hydrogens is 371 g/mol. The molecule has 0 unspecified atom stereocenters. The van der Waals surface area contributed by atoms with Gasteiger partial charge < -0.3 is 15.0 Å². The summed E-state index contributed by atoms with van der Waals surface area (Å²) in [5, 5.41) is 2.37. The number of rotatable bonds is 6. The van der Waals surface area contributed by atoms with E-state index in [1.165, 1.54) is 17.0 Å². The number of carbonyl (C=O) groups excluding carboxylic acids is 1. The highest BCUT2D eigenvalue weighted by molar-refractivity contribution is 5.75. The van der Waals surface area contributed by atoms with Crippen LogP contribution in [0, 0.1) is 5.82 Å². The van der Waals surface area contributed by atoms with Gasteiger partial charge in [0.2, 0.25) is 0 Å². The Kier molecular flexibility index (Phi) is 6.18. The van der Waals surface area contributed by atoms with Gasteiger partial charge in [-0.05, 0) is 48.2 Å². The lowest BCUT2D eigenvalue weighted by atomic mass is 9.98. The van der Waals surface area contributed by atoms with Crippen LogP contribution in [0.1, 0.15) is 23.6 Å². The van der Waals surface area contributed by atoms with Crippen molar-refractivity contribution in [2.75, 3.05) is 20.3 Å². The third kappa shape index (κ3) is 4.81. The van der Waals surface area contributed by atoms with Crippen molar-refractivity contribution in [3.05, 3.63) is 65.7 Å². The Labute approximate surface area is 161 Å². The maximum atomic E-state index is 13.8. The molecule has 2 atom stereocenters. The van der Waals surface area contributed by atoms with Gasteiger partial charge in [0.25, 0.3) is 5.92 Å². The number of hydrogen-bond donors (Lipinski definition) is 1. The lowest BCUT2D eigenvalue weighted by Crippen LogP contribution is -2.51. The molecule has 2 amide bonds. The van der Waals surface area contributed by atoms with Crippen LogP contribution in [-0.4, -0.2) is 48.1 Å².